The Morgan fingerprint density at radius 3 is 2.53 bits per heavy atom. The Morgan fingerprint density at radius 1 is 1.18 bits per heavy atom. The monoisotopic (exact) mass is 246 g/mol. The Morgan fingerprint density at radius 2 is 1.88 bits per heavy atom. The predicted octanol–water partition coefficient (Wildman–Crippen LogP) is 4.50. The van der Waals surface area contributed by atoms with Gasteiger partial charge in [0.1, 0.15) is 5.82 Å². The molecule has 1 aromatic rings. The number of hydrogen-bond acceptors (Lipinski definition) is 0. The van der Waals surface area contributed by atoms with Crippen LogP contribution in [-0.2, 0) is 6.42 Å². The minimum absolute atomic E-state index is 0.0878. The molecule has 0 aromatic heterocycles. The van der Waals surface area contributed by atoms with Crippen LogP contribution in [-0.4, -0.2) is 8.07 Å². The summed E-state index contributed by atoms with van der Waals surface area (Å²) in [5.74, 6) is -0.0878. The fourth-order valence-corrected chi connectivity index (χ4v) is 4.22. The Bertz CT molecular complexity index is 478. The van der Waals surface area contributed by atoms with E-state index in [1.807, 2.05) is 12.1 Å². The van der Waals surface area contributed by atoms with Crippen LogP contribution in [0, 0.1) is 5.82 Å². The van der Waals surface area contributed by atoms with Crippen molar-refractivity contribution in [3.8, 4) is 0 Å². The molecule has 0 spiro atoms. The first-order chi connectivity index (χ1) is 7.98. The molecule has 1 aliphatic rings. The van der Waals surface area contributed by atoms with E-state index >= 15 is 0 Å². The number of benzene rings is 1. The van der Waals surface area contributed by atoms with E-state index in [0.717, 1.165) is 18.4 Å². The number of allylic oxidation sites excluding steroid dienone is 4. The molecule has 1 aromatic carbocycles. The maximum Gasteiger partial charge on any atom is 0.126 e. The average Bonchev–Trinajstić information content (AvgIpc) is 2.69. The molecule has 0 bridgehead atoms. The summed E-state index contributed by atoms with van der Waals surface area (Å²) in [7, 11) is -1.26. The summed E-state index contributed by atoms with van der Waals surface area (Å²) in [5, 5.41) is 1.57. The van der Waals surface area contributed by atoms with Gasteiger partial charge in [-0.05, 0) is 30.0 Å². The van der Waals surface area contributed by atoms with Gasteiger partial charge in [-0.2, -0.15) is 0 Å². The molecule has 0 heterocycles. The molecule has 17 heavy (non-hydrogen) atoms. The summed E-state index contributed by atoms with van der Waals surface area (Å²) >= 11 is 0. The van der Waals surface area contributed by atoms with Gasteiger partial charge < -0.3 is 0 Å². The highest BCUT2D eigenvalue weighted by Gasteiger charge is 2.24. The zero-order chi connectivity index (χ0) is 12.5. The van der Waals surface area contributed by atoms with Crippen LogP contribution in [0.1, 0.15) is 12.0 Å². The van der Waals surface area contributed by atoms with Gasteiger partial charge in [0.05, 0.1) is 8.07 Å². The third-order valence-corrected chi connectivity index (χ3v) is 5.61. The smallest absolute Gasteiger partial charge is 0.126 e. The van der Waals surface area contributed by atoms with Crippen LogP contribution >= 0.6 is 0 Å². The Balaban J connectivity index is 2.30. The molecule has 2 rings (SSSR count). The van der Waals surface area contributed by atoms with Crippen molar-refractivity contribution in [3.05, 3.63) is 58.6 Å². The zero-order valence-electron chi connectivity index (χ0n) is 10.8. The molecule has 0 unspecified atom stereocenters. The Labute approximate surface area is 104 Å². The maximum absolute atomic E-state index is 13.6. The minimum atomic E-state index is -1.26. The topological polar surface area (TPSA) is 0 Å². The second kappa shape index (κ2) is 4.61. The maximum atomic E-state index is 13.6. The van der Waals surface area contributed by atoms with Gasteiger partial charge >= 0.3 is 0 Å². The van der Waals surface area contributed by atoms with Gasteiger partial charge in [0.25, 0.3) is 0 Å². The quantitative estimate of drug-likeness (QED) is 0.689. The van der Waals surface area contributed by atoms with Gasteiger partial charge in [-0.25, -0.2) is 4.39 Å². The molecule has 0 fully saturated rings. The summed E-state index contributed by atoms with van der Waals surface area (Å²) in [5.41, 5.74) is 2.15. The van der Waals surface area contributed by atoms with E-state index in [9.17, 15) is 4.39 Å². The number of halogens is 1. The average molecular weight is 246 g/mol. The molecule has 0 atom stereocenters. The van der Waals surface area contributed by atoms with E-state index in [0.29, 0.717) is 0 Å². The molecule has 0 saturated heterocycles. The lowest BCUT2D eigenvalue weighted by Gasteiger charge is -2.20. The van der Waals surface area contributed by atoms with Gasteiger partial charge in [0, 0.05) is 0 Å². The Kier molecular flexibility index (Phi) is 3.34. The van der Waals surface area contributed by atoms with Crippen LogP contribution in [0.15, 0.2) is 47.2 Å². The van der Waals surface area contributed by atoms with Crippen molar-refractivity contribution in [1.82, 2.24) is 0 Å². The van der Waals surface area contributed by atoms with Crippen LogP contribution in [0.4, 0.5) is 4.39 Å². The van der Waals surface area contributed by atoms with Gasteiger partial charge in [-0.1, -0.05) is 55.2 Å². The van der Waals surface area contributed by atoms with Crippen molar-refractivity contribution < 1.29 is 4.39 Å². The molecule has 0 radical (unpaired) electrons. The summed E-state index contributed by atoms with van der Waals surface area (Å²) in [6.45, 7) is 7.07. The second-order valence-corrected chi connectivity index (χ2v) is 10.7. The standard InChI is InChI=1S/C15H19FSi/c1-17(2,3)15-10-6-8-13(15)11-12-7-4-5-9-14(12)16/h4-9H,10-11H2,1-3H3. The van der Waals surface area contributed by atoms with E-state index in [2.05, 4.69) is 31.8 Å². The van der Waals surface area contributed by atoms with Crippen molar-refractivity contribution in [3.63, 3.8) is 0 Å². The lowest BCUT2D eigenvalue weighted by Crippen LogP contribution is -2.24. The lowest BCUT2D eigenvalue weighted by molar-refractivity contribution is 0.614. The van der Waals surface area contributed by atoms with E-state index in [1.54, 1.807) is 17.3 Å². The minimum Gasteiger partial charge on any atom is -0.207 e. The van der Waals surface area contributed by atoms with E-state index in [-0.39, 0.29) is 5.82 Å². The molecule has 0 aliphatic heterocycles. The fraction of sp³-hybridized carbons (Fsp3) is 0.333. The van der Waals surface area contributed by atoms with Gasteiger partial charge in [0.15, 0.2) is 0 Å². The molecule has 0 N–H and O–H groups in total. The van der Waals surface area contributed by atoms with Crippen LogP contribution in [0.5, 0.6) is 0 Å². The predicted molar refractivity (Wildman–Crippen MR) is 74.2 cm³/mol. The first kappa shape index (κ1) is 12.3. The molecule has 0 nitrogen and oxygen atoms in total. The summed E-state index contributed by atoms with van der Waals surface area (Å²) in [6.07, 6.45) is 6.20. The normalized spacial score (nSPS) is 15.8. The number of rotatable bonds is 3. The van der Waals surface area contributed by atoms with Crippen molar-refractivity contribution in [1.29, 1.82) is 0 Å². The molecule has 0 saturated carbocycles. The van der Waals surface area contributed by atoms with Crippen LogP contribution in [0.25, 0.3) is 0 Å². The van der Waals surface area contributed by atoms with Crippen molar-refractivity contribution in [2.45, 2.75) is 32.5 Å². The Hall–Kier alpha value is -1.15. The lowest BCUT2D eigenvalue weighted by atomic mass is 10.1. The highest BCUT2D eigenvalue weighted by molar-refractivity contribution is 6.83. The van der Waals surface area contributed by atoms with Crippen LogP contribution < -0.4 is 0 Å². The summed E-state index contributed by atoms with van der Waals surface area (Å²) in [6, 6.07) is 7.09. The first-order valence-corrected chi connectivity index (χ1v) is 9.61. The van der Waals surface area contributed by atoms with Gasteiger partial charge in [-0.15, -0.1) is 0 Å². The largest absolute Gasteiger partial charge is 0.207 e. The third-order valence-electron chi connectivity index (χ3n) is 3.27. The van der Waals surface area contributed by atoms with Crippen molar-refractivity contribution >= 4 is 8.07 Å². The highest BCUT2D eigenvalue weighted by Crippen LogP contribution is 2.30. The second-order valence-electron chi connectivity index (χ2n) is 5.63. The van der Waals surface area contributed by atoms with Crippen molar-refractivity contribution in [2.24, 2.45) is 0 Å². The van der Waals surface area contributed by atoms with Crippen LogP contribution in [0.2, 0.25) is 19.6 Å². The zero-order valence-corrected chi connectivity index (χ0v) is 11.8. The first-order valence-electron chi connectivity index (χ1n) is 6.11. The van der Waals surface area contributed by atoms with Gasteiger partial charge in [0.2, 0.25) is 0 Å². The van der Waals surface area contributed by atoms with Gasteiger partial charge in [-0.3, -0.25) is 0 Å². The molecule has 2 heteroatoms. The molecular weight excluding hydrogens is 227 g/mol. The van der Waals surface area contributed by atoms with E-state index < -0.39 is 8.07 Å². The molecule has 90 valence electrons. The molecule has 0 amide bonds. The fourth-order valence-electron chi connectivity index (χ4n) is 2.35. The van der Waals surface area contributed by atoms with E-state index in [1.165, 1.54) is 5.57 Å². The third kappa shape index (κ3) is 2.75. The van der Waals surface area contributed by atoms with Crippen molar-refractivity contribution in [2.75, 3.05) is 0 Å². The SMILES string of the molecule is C[Si](C)(C)C1=C(Cc2ccccc2F)C=CC1. The van der Waals surface area contributed by atoms with E-state index in [4.69, 9.17) is 0 Å². The summed E-state index contributed by atoms with van der Waals surface area (Å²) in [4.78, 5) is 0. The summed E-state index contributed by atoms with van der Waals surface area (Å²) < 4.78 is 13.6. The molecular formula is C15H19FSi. The number of hydrogen-bond donors (Lipinski definition) is 0. The highest BCUT2D eigenvalue weighted by atomic mass is 28.3. The van der Waals surface area contributed by atoms with Crippen LogP contribution in [0.3, 0.4) is 0 Å². The molecule has 1 aliphatic carbocycles.